The minimum absolute atomic E-state index is 0.0666. The van der Waals surface area contributed by atoms with E-state index in [0.717, 1.165) is 11.5 Å². The van der Waals surface area contributed by atoms with Crippen LogP contribution in [0.5, 0.6) is 0 Å². The maximum absolute atomic E-state index is 10.5. The van der Waals surface area contributed by atoms with Crippen LogP contribution in [0, 0.1) is 12.8 Å². The zero-order valence-electron chi connectivity index (χ0n) is 13.3. The van der Waals surface area contributed by atoms with Gasteiger partial charge in [-0.2, -0.15) is 8.42 Å². The van der Waals surface area contributed by atoms with Gasteiger partial charge in [0.25, 0.3) is 10.1 Å². The lowest BCUT2D eigenvalue weighted by atomic mass is 9.99. The van der Waals surface area contributed by atoms with Crippen LogP contribution in [-0.2, 0) is 16.5 Å². The Balaban J connectivity index is 0.000000168. The van der Waals surface area contributed by atoms with Crippen molar-refractivity contribution in [2.45, 2.75) is 24.7 Å². The Hall–Kier alpha value is -1.69. The van der Waals surface area contributed by atoms with E-state index in [-0.39, 0.29) is 4.90 Å². The molecule has 1 aliphatic rings. The fraction of sp³-hybridized carbons (Fsp3) is 0.333. The minimum atomic E-state index is -4.02. The fourth-order valence-corrected chi connectivity index (χ4v) is 3.03. The van der Waals surface area contributed by atoms with Gasteiger partial charge in [0.2, 0.25) is 0 Å². The van der Waals surface area contributed by atoms with Gasteiger partial charge in [0.15, 0.2) is 0 Å². The lowest BCUT2D eigenvalue weighted by Crippen LogP contribution is -2.10. The molecule has 2 aromatic rings. The number of hydrogen-bond acceptors (Lipinski definition) is 3. The van der Waals surface area contributed by atoms with Crippen LogP contribution in [0.25, 0.3) is 0 Å². The molecule has 1 fully saturated rings. The summed E-state index contributed by atoms with van der Waals surface area (Å²) in [4.78, 5) is -0.0666. The molecule has 5 heteroatoms. The number of rotatable bonds is 3. The summed E-state index contributed by atoms with van der Waals surface area (Å²) in [5.74, 6) is 0.868. The third-order valence-corrected chi connectivity index (χ3v) is 4.72. The Kier molecular flexibility index (Phi) is 6.33. The predicted molar refractivity (Wildman–Crippen MR) is 92.1 cm³/mol. The zero-order valence-corrected chi connectivity index (χ0v) is 14.1. The summed E-state index contributed by atoms with van der Waals surface area (Å²) < 4.78 is 29.6. The van der Waals surface area contributed by atoms with Gasteiger partial charge in [0.05, 0.1) is 4.90 Å². The normalized spacial score (nSPS) is 17.4. The van der Waals surface area contributed by atoms with Crippen molar-refractivity contribution < 1.29 is 13.0 Å². The van der Waals surface area contributed by atoms with Crippen molar-refractivity contribution in [3.8, 4) is 0 Å². The molecule has 2 N–H and O–H groups in total. The molecule has 1 heterocycles. The summed E-state index contributed by atoms with van der Waals surface area (Å²) in [7, 11) is -4.02. The van der Waals surface area contributed by atoms with Gasteiger partial charge in [0.1, 0.15) is 0 Å². The van der Waals surface area contributed by atoms with Crippen LogP contribution < -0.4 is 5.32 Å². The molecule has 4 nitrogen and oxygen atoms in total. The van der Waals surface area contributed by atoms with Crippen LogP contribution in [0.3, 0.4) is 0 Å². The highest BCUT2D eigenvalue weighted by Crippen LogP contribution is 2.14. The van der Waals surface area contributed by atoms with Crippen LogP contribution >= 0.6 is 0 Å². The van der Waals surface area contributed by atoms with E-state index in [0.29, 0.717) is 0 Å². The highest BCUT2D eigenvalue weighted by atomic mass is 32.2. The van der Waals surface area contributed by atoms with Gasteiger partial charge in [-0.05, 0) is 56.5 Å². The second-order valence-electron chi connectivity index (χ2n) is 5.84. The van der Waals surface area contributed by atoms with Crippen molar-refractivity contribution in [2.24, 2.45) is 5.92 Å². The molecule has 1 unspecified atom stereocenters. The number of nitrogens with one attached hydrogen (secondary N) is 1. The van der Waals surface area contributed by atoms with Crippen molar-refractivity contribution in [1.82, 2.24) is 5.32 Å². The van der Waals surface area contributed by atoms with E-state index < -0.39 is 10.1 Å². The molecule has 3 rings (SSSR count). The Bertz CT molecular complexity index is 691. The van der Waals surface area contributed by atoms with Gasteiger partial charge >= 0.3 is 0 Å². The fourth-order valence-electron chi connectivity index (χ4n) is 2.55. The largest absolute Gasteiger partial charge is 0.316 e. The first kappa shape index (κ1) is 17.7. The van der Waals surface area contributed by atoms with Gasteiger partial charge in [0, 0.05) is 0 Å². The highest BCUT2D eigenvalue weighted by molar-refractivity contribution is 7.85. The predicted octanol–water partition coefficient (Wildman–Crippen LogP) is 3.08. The van der Waals surface area contributed by atoms with E-state index in [1.807, 2.05) is 6.92 Å². The first-order valence-electron chi connectivity index (χ1n) is 7.74. The summed E-state index contributed by atoms with van der Waals surface area (Å²) in [5, 5.41) is 3.39. The third-order valence-electron chi connectivity index (χ3n) is 3.85. The molecular weight excluding hydrogens is 310 g/mol. The number of aryl methyl sites for hydroxylation is 1. The van der Waals surface area contributed by atoms with Gasteiger partial charge in [-0.15, -0.1) is 0 Å². The van der Waals surface area contributed by atoms with Gasteiger partial charge in [-0.1, -0.05) is 48.0 Å². The monoisotopic (exact) mass is 333 g/mol. The smallest absolute Gasteiger partial charge is 0.294 e. The summed E-state index contributed by atoms with van der Waals surface area (Å²) in [6, 6.07) is 16.8. The van der Waals surface area contributed by atoms with Gasteiger partial charge < -0.3 is 5.32 Å². The molecule has 1 aliphatic heterocycles. The summed E-state index contributed by atoms with van der Waals surface area (Å²) in [6.07, 6.45) is 2.59. The molecule has 1 atom stereocenters. The molecule has 0 saturated carbocycles. The third kappa shape index (κ3) is 6.14. The molecule has 23 heavy (non-hydrogen) atoms. The highest BCUT2D eigenvalue weighted by Gasteiger charge is 2.14. The van der Waals surface area contributed by atoms with Crippen molar-refractivity contribution in [1.29, 1.82) is 0 Å². The molecule has 0 amide bonds. The quantitative estimate of drug-likeness (QED) is 0.847. The maximum atomic E-state index is 10.5. The average Bonchev–Trinajstić information content (AvgIpc) is 3.01. The van der Waals surface area contributed by atoms with Crippen molar-refractivity contribution >= 4 is 10.1 Å². The van der Waals surface area contributed by atoms with Gasteiger partial charge in [-0.3, -0.25) is 4.55 Å². The summed E-state index contributed by atoms with van der Waals surface area (Å²) in [5.41, 5.74) is 2.43. The average molecular weight is 333 g/mol. The standard InChI is InChI=1S/C11H15N.C7H8O3S/c1-2-4-10(5-3-1)8-11-6-7-12-9-11;1-6-2-4-7(5-3-6)11(8,9)10/h1-5,11-12H,6-9H2;2-5H,1H3,(H,8,9,10). The molecule has 1 saturated heterocycles. The second kappa shape index (κ2) is 8.24. The van der Waals surface area contributed by atoms with Crippen molar-refractivity contribution in [3.63, 3.8) is 0 Å². The Morgan fingerprint density at radius 3 is 2.26 bits per heavy atom. The van der Waals surface area contributed by atoms with E-state index in [1.54, 1.807) is 12.1 Å². The first-order valence-corrected chi connectivity index (χ1v) is 9.18. The Morgan fingerprint density at radius 2 is 1.74 bits per heavy atom. The molecule has 0 aromatic heterocycles. The molecule has 0 aliphatic carbocycles. The Morgan fingerprint density at radius 1 is 1.09 bits per heavy atom. The minimum Gasteiger partial charge on any atom is -0.316 e. The topological polar surface area (TPSA) is 66.4 Å². The summed E-state index contributed by atoms with van der Waals surface area (Å²) >= 11 is 0. The van der Waals surface area contributed by atoms with Crippen LogP contribution in [0.15, 0.2) is 59.5 Å². The second-order valence-corrected chi connectivity index (χ2v) is 7.26. The lowest BCUT2D eigenvalue weighted by molar-refractivity contribution is 0.483. The van der Waals surface area contributed by atoms with E-state index in [9.17, 15) is 8.42 Å². The van der Waals surface area contributed by atoms with E-state index >= 15 is 0 Å². The number of benzene rings is 2. The van der Waals surface area contributed by atoms with E-state index in [1.165, 1.54) is 43.6 Å². The maximum Gasteiger partial charge on any atom is 0.294 e. The molecule has 0 spiro atoms. The molecular formula is C18H23NO3S. The Labute approximate surface area is 138 Å². The van der Waals surface area contributed by atoms with E-state index in [2.05, 4.69) is 35.6 Å². The zero-order chi connectivity index (χ0) is 16.7. The number of hydrogen-bond donors (Lipinski definition) is 2. The summed E-state index contributed by atoms with van der Waals surface area (Å²) in [6.45, 7) is 4.25. The van der Waals surface area contributed by atoms with Crippen LogP contribution in [-0.4, -0.2) is 26.1 Å². The molecule has 2 aromatic carbocycles. The molecule has 0 bridgehead atoms. The lowest BCUT2D eigenvalue weighted by Gasteiger charge is -2.06. The van der Waals surface area contributed by atoms with Gasteiger partial charge in [-0.25, -0.2) is 0 Å². The van der Waals surface area contributed by atoms with Crippen molar-refractivity contribution in [2.75, 3.05) is 13.1 Å². The first-order chi connectivity index (χ1) is 10.9. The van der Waals surface area contributed by atoms with Crippen molar-refractivity contribution in [3.05, 3.63) is 65.7 Å². The van der Waals surface area contributed by atoms with E-state index in [4.69, 9.17) is 4.55 Å². The van der Waals surface area contributed by atoms with Crippen LogP contribution in [0.2, 0.25) is 0 Å². The SMILES string of the molecule is Cc1ccc(S(=O)(=O)O)cc1.c1ccc(CC2CCNC2)cc1. The molecule has 0 radical (unpaired) electrons. The van der Waals surface area contributed by atoms with Crippen LogP contribution in [0.4, 0.5) is 0 Å². The van der Waals surface area contributed by atoms with Crippen LogP contribution in [0.1, 0.15) is 17.5 Å². The molecule has 124 valence electrons.